The van der Waals surface area contributed by atoms with Crippen LogP contribution in [0.3, 0.4) is 0 Å². The molecule has 2 aromatic carbocycles. The van der Waals surface area contributed by atoms with Gasteiger partial charge in [-0.3, -0.25) is 0 Å². The van der Waals surface area contributed by atoms with Gasteiger partial charge in [-0.2, -0.15) is 0 Å². The molecule has 39 heavy (non-hydrogen) atoms. The van der Waals surface area contributed by atoms with Gasteiger partial charge in [0.15, 0.2) is 11.6 Å². The Bertz CT molecular complexity index is 1050. The van der Waals surface area contributed by atoms with Crippen LogP contribution in [-0.4, -0.2) is 6.36 Å². The monoisotopic (exact) mass is 550 g/mol. The van der Waals surface area contributed by atoms with Crippen LogP contribution in [0, 0.1) is 35.3 Å². The van der Waals surface area contributed by atoms with Crippen molar-refractivity contribution in [3.63, 3.8) is 0 Å². The van der Waals surface area contributed by atoms with Crippen LogP contribution in [0.2, 0.25) is 0 Å². The summed E-state index contributed by atoms with van der Waals surface area (Å²) in [4.78, 5) is 0. The van der Waals surface area contributed by atoms with Crippen molar-refractivity contribution in [1.82, 2.24) is 0 Å². The van der Waals surface area contributed by atoms with Crippen LogP contribution >= 0.6 is 0 Å². The number of hydrogen-bond donors (Lipinski definition) is 0. The normalized spacial score (nSPS) is 24.9. The molecule has 0 aliphatic heterocycles. The van der Waals surface area contributed by atoms with Crippen LogP contribution in [0.5, 0.6) is 5.75 Å². The number of unbranched alkanes of at least 4 members (excludes halogenated alkanes) is 2. The van der Waals surface area contributed by atoms with E-state index in [0.717, 1.165) is 67.1 Å². The third-order valence-electron chi connectivity index (χ3n) is 9.40. The summed E-state index contributed by atoms with van der Waals surface area (Å²) in [7, 11) is 0. The van der Waals surface area contributed by atoms with Crippen LogP contribution in [0.25, 0.3) is 11.1 Å². The lowest BCUT2D eigenvalue weighted by atomic mass is 9.70. The summed E-state index contributed by atoms with van der Waals surface area (Å²) in [5.74, 6) is 1.03. The highest BCUT2D eigenvalue weighted by atomic mass is 19.4. The van der Waals surface area contributed by atoms with Crippen molar-refractivity contribution < 1.29 is 26.7 Å². The average Bonchev–Trinajstić information content (AvgIpc) is 2.90. The van der Waals surface area contributed by atoms with Gasteiger partial charge >= 0.3 is 6.36 Å². The van der Waals surface area contributed by atoms with Crippen molar-refractivity contribution in [2.75, 3.05) is 0 Å². The second-order valence-electron chi connectivity index (χ2n) is 12.1. The van der Waals surface area contributed by atoms with Gasteiger partial charge < -0.3 is 4.74 Å². The largest absolute Gasteiger partial charge is 0.573 e. The third kappa shape index (κ3) is 8.44. The summed E-state index contributed by atoms with van der Waals surface area (Å²) in [6.45, 7) is 4.72. The summed E-state index contributed by atoms with van der Waals surface area (Å²) >= 11 is 0. The Morgan fingerprint density at radius 3 is 2.13 bits per heavy atom. The fourth-order valence-corrected chi connectivity index (χ4v) is 7.07. The standard InChI is InChI=1S/C33H43F5O/c1-3-4-5-6-23-7-11-25(12-8-23)22(2)19-24-9-13-26(14-10-24)27-15-17-29(30(34)20-27)28-16-18-32(31(35)21-28)39-33(36,37)38/h15-18,20-26H,3-14,19H2,1-2H3. The highest BCUT2D eigenvalue weighted by Gasteiger charge is 2.33. The number of ether oxygens (including phenoxy) is 1. The lowest BCUT2D eigenvalue weighted by Gasteiger charge is -2.36. The molecule has 2 fully saturated rings. The maximum Gasteiger partial charge on any atom is 0.573 e. The molecule has 6 heteroatoms. The van der Waals surface area contributed by atoms with Crippen LogP contribution in [0.4, 0.5) is 22.0 Å². The molecule has 2 saturated carbocycles. The minimum atomic E-state index is -4.99. The molecule has 0 aromatic heterocycles. The van der Waals surface area contributed by atoms with Gasteiger partial charge in [0.05, 0.1) is 0 Å². The fourth-order valence-electron chi connectivity index (χ4n) is 7.07. The quantitative estimate of drug-likeness (QED) is 0.211. The zero-order chi connectivity index (χ0) is 28.0. The molecule has 2 aromatic rings. The van der Waals surface area contributed by atoms with E-state index in [1.807, 2.05) is 6.07 Å². The molecule has 0 heterocycles. The van der Waals surface area contributed by atoms with Gasteiger partial charge in [-0.05, 0) is 104 Å². The third-order valence-corrected chi connectivity index (χ3v) is 9.40. The first-order chi connectivity index (χ1) is 18.6. The first kappa shape index (κ1) is 29.9. The molecule has 2 aliphatic rings. The van der Waals surface area contributed by atoms with E-state index < -0.39 is 23.7 Å². The number of alkyl halides is 3. The molecule has 0 radical (unpaired) electrons. The topological polar surface area (TPSA) is 9.23 Å². The molecular weight excluding hydrogens is 507 g/mol. The molecule has 0 saturated heterocycles. The molecule has 1 nitrogen and oxygen atoms in total. The van der Waals surface area contributed by atoms with E-state index in [0.29, 0.717) is 5.92 Å². The molecule has 0 bridgehead atoms. The zero-order valence-corrected chi connectivity index (χ0v) is 23.3. The first-order valence-corrected chi connectivity index (χ1v) is 15.0. The van der Waals surface area contributed by atoms with E-state index >= 15 is 4.39 Å². The molecule has 0 N–H and O–H groups in total. The van der Waals surface area contributed by atoms with Crippen molar-refractivity contribution in [1.29, 1.82) is 0 Å². The SMILES string of the molecule is CCCCCC1CCC(C(C)CC2CCC(c3ccc(-c4ccc(OC(F)(F)F)c(F)c4)c(F)c3)CC2)CC1. The molecular formula is C33H43F5O. The summed E-state index contributed by atoms with van der Waals surface area (Å²) in [5, 5.41) is 0. The minimum absolute atomic E-state index is 0.166. The molecule has 0 amide bonds. The van der Waals surface area contributed by atoms with Gasteiger partial charge in [0.2, 0.25) is 0 Å². The van der Waals surface area contributed by atoms with Crippen LogP contribution in [0.15, 0.2) is 36.4 Å². The first-order valence-electron chi connectivity index (χ1n) is 15.0. The van der Waals surface area contributed by atoms with E-state index in [4.69, 9.17) is 0 Å². The van der Waals surface area contributed by atoms with E-state index in [1.54, 1.807) is 6.07 Å². The highest BCUT2D eigenvalue weighted by Crippen LogP contribution is 2.43. The van der Waals surface area contributed by atoms with Crippen LogP contribution in [-0.2, 0) is 0 Å². The van der Waals surface area contributed by atoms with Gasteiger partial charge in [0.25, 0.3) is 0 Å². The second kappa shape index (κ2) is 13.5. The molecule has 1 atom stereocenters. The van der Waals surface area contributed by atoms with E-state index in [9.17, 15) is 17.6 Å². The van der Waals surface area contributed by atoms with Gasteiger partial charge in [-0.15, -0.1) is 13.2 Å². The van der Waals surface area contributed by atoms with Gasteiger partial charge in [0, 0.05) is 5.56 Å². The maximum absolute atomic E-state index is 15.0. The predicted octanol–water partition coefficient (Wildman–Crippen LogP) is 11.2. The smallest absolute Gasteiger partial charge is 0.403 e. The van der Waals surface area contributed by atoms with Crippen molar-refractivity contribution in [2.24, 2.45) is 23.7 Å². The Hall–Kier alpha value is -2.11. The Morgan fingerprint density at radius 1 is 0.821 bits per heavy atom. The zero-order valence-electron chi connectivity index (χ0n) is 23.3. The minimum Gasteiger partial charge on any atom is -0.403 e. The molecule has 2 aliphatic carbocycles. The van der Waals surface area contributed by atoms with Crippen LogP contribution < -0.4 is 4.74 Å². The number of benzene rings is 2. The van der Waals surface area contributed by atoms with Crippen molar-refractivity contribution in [2.45, 2.75) is 110 Å². The second-order valence-corrected chi connectivity index (χ2v) is 12.1. The highest BCUT2D eigenvalue weighted by molar-refractivity contribution is 5.65. The Labute approximate surface area is 230 Å². The number of halogens is 5. The lowest BCUT2D eigenvalue weighted by Crippen LogP contribution is -2.23. The number of rotatable bonds is 10. The van der Waals surface area contributed by atoms with Crippen molar-refractivity contribution in [3.8, 4) is 16.9 Å². The van der Waals surface area contributed by atoms with Crippen LogP contribution in [0.1, 0.15) is 109 Å². The fraction of sp³-hybridized carbons (Fsp3) is 0.636. The average molecular weight is 551 g/mol. The van der Waals surface area contributed by atoms with E-state index in [2.05, 4.69) is 18.6 Å². The summed E-state index contributed by atoms with van der Waals surface area (Å²) in [6.07, 6.45) is 11.8. The molecule has 1 unspecified atom stereocenters. The molecule has 216 valence electrons. The lowest BCUT2D eigenvalue weighted by molar-refractivity contribution is -0.275. The van der Waals surface area contributed by atoms with Gasteiger partial charge in [-0.1, -0.05) is 70.6 Å². The predicted molar refractivity (Wildman–Crippen MR) is 147 cm³/mol. The van der Waals surface area contributed by atoms with E-state index in [-0.39, 0.29) is 11.1 Å². The Morgan fingerprint density at radius 2 is 1.51 bits per heavy atom. The Kier molecular flexibility index (Phi) is 10.3. The van der Waals surface area contributed by atoms with E-state index in [1.165, 1.54) is 69.9 Å². The maximum atomic E-state index is 15.0. The van der Waals surface area contributed by atoms with Crippen molar-refractivity contribution >= 4 is 0 Å². The number of hydrogen-bond acceptors (Lipinski definition) is 1. The van der Waals surface area contributed by atoms with Gasteiger partial charge in [-0.25, -0.2) is 8.78 Å². The molecule has 0 spiro atoms. The molecule has 4 rings (SSSR count). The summed E-state index contributed by atoms with van der Waals surface area (Å²) in [6, 6.07) is 8.00. The Balaban J connectivity index is 1.26. The van der Waals surface area contributed by atoms with Crippen molar-refractivity contribution in [3.05, 3.63) is 53.6 Å². The van der Waals surface area contributed by atoms with Gasteiger partial charge in [0.1, 0.15) is 5.82 Å². The summed E-state index contributed by atoms with van der Waals surface area (Å²) < 4.78 is 70.1. The summed E-state index contributed by atoms with van der Waals surface area (Å²) in [5.41, 5.74) is 1.29.